The maximum atomic E-state index is 5.59. The summed E-state index contributed by atoms with van der Waals surface area (Å²) in [6.45, 7) is 11.5. The van der Waals surface area contributed by atoms with Crippen LogP contribution in [0, 0.1) is 0 Å². The first-order chi connectivity index (χ1) is 21.9. The van der Waals surface area contributed by atoms with Crippen molar-refractivity contribution in [2.24, 2.45) is 0 Å². The van der Waals surface area contributed by atoms with Crippen LogP contribution in [-0.4, -0.2) is 119 Å². The molecule has 0 amide bonds. The van der Waals surface area contributed by atoms with Gasteiger partial charge in [-0.1, -0.05) is 60.7 Å². The lowest BCUT2D eigenvalue weighted by atomic mass is 10.2. The third kappa shape index (κ3) is 25.4. The molecule has 2 aromatic carbocycles. The van der Waals surface area contributed by atoms with Crippen molar-refractivity contribution < 1.29 is 47.4 Å². The quantitative estimate of drug-likeness (QED) is 0.107. The van der Waals surface area contributed by atoms with Gasteiger partial charge < -0.3 is 47.4 Å². The molecule has 0 aliphatic heterocycles. The summed E-state index contributed by atoms with van der Waals surface area (Å²) in [7, 11) is 0. The zero-order valence-corrected chi connectivity index (χ0v) is 26.4. The van der Waals surface area contributed by atoms with Gasteiger partial charge in [-0.25, -0.2) is 0 Å². The maximum Gasteiger partial charge on any atom is 0.0718 e. The summed E-state index contributed by atoms with van der Waals surface area (Å²) in [6, 6.07) is 20.2. The van der Waals surface area contributed by atoms with Crippen molar-refractivity contribution in [2.45, 2.75) is 26.1 Å². The predicted octanol–water partition coefficient (Wildman–Crippen LogP) is 4.33. The van der Waals surface area contributed by atoms with Gasteiger partial charge in [0.1, 0.15) is 0 Å². The fourth-order valence-electron chi connectivity index (χ4n) is 3.70. The Bertz CT molecular complexity index is 758. The Morgan fingerprint density at radius 2 is 0.477 bits per heavy atom. The molecule has 2 aromatic rings. The first-order valence-corrected chi connectivity index (χ1v) is 15.8. The molecule has 0 saturated heterocycles. The second kappa shape index (κ2) is 31.0. The highest BCUT2D eigenvalue weighted by Crippen LogP contribution is 2.01. The van der Waals surface area contributed by atoms with Gasteiger partial charge in [-0.2, -0.15) is 0 Å². The number of unbranched alkanes of at least 4 members (excludes halogenated alkanes) is 1. The van der Waals surface area contributed by atoms with Crippen LogP contribution in [0.15, 0.2) is 60.7 Å². The van der Waals surface area contributed by atoms with Crippen LogP contribution in [0.5, 0.6) is 0 Å². The van der Waals surface area contributed by atoms with Crippen molar-refractivity contribution in [3.63, 3.8) is 0 Å². The molecule has 0 heterocycles. The molecule has 0 aromatic heterocycles. The molecule has 0 spiro atoms. The number of rotatable bonds is 33. The summed E-state index contributed by atoms with van der Waals surface area (Å²) < 4.78 is 55.3. The molecular formula is C34H54O10. The highest BCUT2D eigenvalue weighted by atomic mass is 16.6. The highest BCUT2D eigenvalue weighted by molar-refractivity contribution is 5.14. The van der Waals surface area contributed by atoms with Crippen LogP contribution < -0.4 is 0 Å². The summed E-state index contributed by atoms with van der Waals surface area (Å²) in [6.07, 6.45) is 1.91. The molecule has 0 radical (unpaired) electrons. The Morgan fingerprint density at radius 3 is 0.750 bits per heavy atom. The van der Waals surface area contributed by atoms with Gasteiger partial charge in [0.25, 0.3) is 0 Å². The molecular weight excluding hydrogens is 568 g/mol. The standard InChI is InChI=1S/C34H54O10/c1-3-9-33(10-4-1)31-43-29-27-41-25-23-39-21-19-37-17-15-35-13-7-8-14-36-16-18-38-20-22-40-24-26-42-28-30-44-32-34-11-5-2-6-12-34/h1-6,9-12H,7-8,13-32H2. The Balaban J connectivity index is 1.14. The molecule has 10 heteroatoms. The summed E-state index contributed by atoms with van der Waals surface area (Å²) in [4.78, 5) is 0. The molecule has 0 fully saturated rings. The highest BCUT2D eigenvalue weighted by Gasteiger charge is 1.97. The maximum absolute atomic E-state index is 5.59. The third-order valence-corrected chi connectivity index (χ3v) is 6.03. The Kier molecular flexibility index (Phi) is 27.0. The smallest absolute Gasteiger partial charge is 0.0718 e. The summed E-state index contributed by atoms with van der Waals surface area (Å²) in [5, 5.41) is 0. The molecule has 0 atom stereocenters. The monoisotopic (exact) mass is 622 g/mol. The Hall–Kier alpha value is -1.96. The van der Waals surface area contributed by atoms with E-state index < -0.39 is 0 Å². The zero-order valence-electron chi connectivity index (χ0n) is 26.4. The molecule has 0 aliphatic rings. The van der Waals surface area contributed by atoms with Crippen LogP contribution in [-0.2, 0) is 60.6 Å². The van der Waals surface area contributed by atoms with E-state index >= 15 is 0 Å². The Labute approximate surface area is 264 Å². The second-order valence-electron chi connectivity index (χ2n) is 9.68. The zero-order chi connectivity index (χ0) is 30.9. The molecule has 10 nitrogen and oxygen atoms in total. The van der Waals surface area contributed by atoms with Crippen molar-refractivity contribution in [2.75, 3.05) is 119 Å². The normalized spacial score (nSPS) is 11.4. The van der Waals surface area contributed by atoms with E-state index in [1.54, 1.807) is 0 Å². The average molecular weight is 623 g/mol. The van der Waals surface area contributed by atoms with Crippen LogP contribution in [0.4, 0.5) is 0 Å². The third-order valence-electron chi connectivity index (χ3n) is 6.03. The molecule has 0 N–H and O–H groups in total. The lowest BCUT2D eigenvalue weighted by Crippen LogP contribution is -2.13. The SMILES string of the molecule is c1ccc(COCCOCCOCCOCCOCCCCOCCOCCOCCOCCOCc2ccccc2)cc1. The van der Waals surface area contributed by atoms with E-state index in [1.165, 1.54) is 0 Å². The van der Waals surface area contributed by atoms with Crippen LogP contribution >= 0.6 is 0 Å². The summed E-state index contributed by atoms with van der Waals surface area (Å²) in [5.74, 6) is 0. The Morgan fingerprint density at radius 1 is 0.250 bits per heavy atom. The van der Waals surface area contributed by atoms with Gasteiger partial charge >= 0.3 is 0 Å². The average Bonchev–Trinajstić information content (AvgIpc) is 3.06. The fourth-order valence-corrected chi connectivity index (χ4v) is 3.70. The summed E-state index contributed by atoms with van der Waals surface area (Å²) in [5.41, 5.74) is 2.33. The number of hydrogen-bond acceptors (Lipinski definition) is 10. The van der Waals surface area contributed by atoms with Gasteiger partial charge in [0.05, 0.1) is 119 Å². The van der Waals surface area contributed by atoms with Gasteiger partial charge in [0, 0.05) is 13.2 Å². The second-order valence-corrected chi connectivity index (χ2v) is 9.68. The first-order valence-electron chi connectivity index (χ1n) is 15.8. The van der Waals surface area contributed by atoms with Crippen molar-refractivity contribution in [3.8, 4) is 0 Å². The molecule has 0 aliphatic carbocycles. The summed E-state index contributed by atoms with van der Waals surface area (Å²) >= 11 is 0. The van der Waals surface area contributed by atoms with E-state index in [-0.39, 0.29) is 0 Å². The van der Waals surface area contributed by atoms with Gasteiger partial charge in [-0.15, -0.1) is 0 Å². The number of ether oxygens (including phenoxy) is 10. The van der Waals surface area contributed by atoms with Crippen LogP contribution in [0.1, 0.15) is 24.0 Å². The van der Waals surface area contributed by atoms with Gasteiger partial charge in [0.15, 0.2) is 0 Å². The number of hydrogen-bond donors (Lipinski definition) is 0. The first kappa shape index (κ1) is 38.2. The predicted molar refractivity (Wildman–Crippen MR) is 168 cm³/mol. The molecule has 250 valence electrons. The van der Waals surface area contributed by atoms with Crippen molar-refractivity contribution >= 4 is 0 Å². The van der Waals surface area contributed by atoms with Crippen LogP contribution in [0.3, 0.4) is 0 Å². The fraction of sp³-hybridized carbons (Fsp3) is 0.647. The van der Waals surface area contributed by atoms with Crippen LogP contribution in [0.2, 0.25) is 0 Å². The lowest BCUT2D eigenvalue weighted by molar-refractivity contribution is -0.0149. The van der Waals surface area contributed by atoms with E-state index in [0.29, 0.717) is 132 Å². The minimum Gasteiger partial charge on any atom is -0.379 e. The molecule has 0 bridgehead atoms. The molecule has 0 saturated carbocycles. The van der Waals surface area contributed by atoms with E-state index in [9.17, 15) is 0 Å². The minimum atomic E-state index is 0.545. The minimum absolute atomic E-state index is 0.545. The molecule has 2 rings (SSSR count). The van der Waals surface area contributed by atoms with E-state index in [4.69, 9.17) is 47.4 Å². The van der Waals surface area contributed by atoms with Gasteiger partial charge in [0.2, 0.25) is 0 Å². The van der Waals surface area contributed by atoms with E-state index in [1.807, 2.05) is 60.7 Å². The van der Waals surface area contributed by atoms with Gasteiger partial charge in [-0.3, -0.25) is 0 Å². The van der Waals surface area contributed by atoms with E-state index in [2.05, 4.69) is 0 Å². The number of benzene rings is 2. The van der Waals surface area contributed by atoms with Crippen LogP contribution in [0.25, 0.3) is 0 Å². The molecule has 0 unspecified atom stereocenters. The van der Waals surface area contributed by atoms with Crippen molar-refractivity contribution in [3.05, 3.63) is 71.8 Å². The topological polar surface area (TPSA) is 92.3 Å². The largest absolute Gasteiger partial charge is 0.379 e. The van der Waals surface area contributed by atoms with E-state index in [0.717, 1.165) is 24.0 Å². The van der Waals surface area contributed by atoms with Crippen molar-refractivity contribution in [1.29, 1.82) is 0 Å². The van der Waals surface area contributed by atoms with Crippen molar-refractivity contribution in [1.82, 2.24) is 0 Å². The molecule has 44 heavy (non-hydrogen) atoms. The lowest BCUT2D eigenvalue weighted by Gasteiger charge is -2.09. The van der Waals surface area contributed by atoms with Gasteiger partial charge in [-0.05, 0) is 24.0 Å².